The van der Waals surface area contributed by atoms with Crippen LogP contribution in [0.15, 0.2) is 12.3 Å². The second-order valence-corrected chi connectivity index (χ2v) is 3.12. The van der Waals surface area contributed by atoms with Crippen LogP contribution >= 0.6 is 0 Å². The molecule has 6 nitrogen and oxygen atoms in total. The lowest BCUT2D eigenvalue weighted by atomic mass is 10.3. The van der Waals surface area contributed by atoms with E-state index in [-0.39, 0.29) is 23.4 Å². The van der Waals surface area contributed by atoms with Crippen LogP contribution in [-0.2, 0) is 0 Å². The molecule has 0 bridgehead atoms. The van der Waals surface area contributed by atoms with Crippen LogP contribution in [0.25, 0.3) is 0 Å². The summed E-state index contributed by atoms with van der Waals surface area (Å²) in [6.45, 7) is 0. The first kappa shape index (κ1) is 8.74. The Morgan fingerprint density at radius 1 is 1.64 bits per heavy atom. The third-order valence-electron chi connectivity index (χ3n) is 1.92. The highest BCUT2D eigenvalue weighted by Gasteiger charge is 2.29. The number of nitrogens with two attached hydrogens (primary N) is 1. The summed E-state index contributed by atoms with van der Waals surface area (Å²) in [4.78, 5) is 13.9. The molecule has 0 unspecified atom stereocenters. The lowest BCUT2D eigenvalue weighted by Crippen LogP contribution is -2.04. The molecule has 0 aliphatic heterocycles. The van der Waals surface area contributed by atoms with Crippen molar-refractivity contribution >= 4 is 11.5 Å². The molecule has 0 radical (unpaired) electrons. The molecule has 0 aromatic carbocycles. The molecule has 1 saturated carbocycles. The van der Waals surface area contributed by atoms with Crippen molar-refractivity contribution in [1.82, 2.24) is 4.98 Å². The van der Waals surface area contributed by atoms with Crippen molar-refractivity contribution in [2.45, 2.75) is 18.9 Å². The third-order valence-corrected chi connectivity index (χ3v) is 1.92. The zero-order valence-electron chi connectivity index (χ0n) is 7.34. The number of rotatable bonds is 3. The van der Waals surface area contributed by atoms with Crippen LogP contribution in [0.2, 0.25) is 0 Å². The molecule has 0 saturated heterocycles. The number of nitrogen functional groups attached to an aromatic ring is 1. The van der Waals surface area contributed by atoms with E-state index in [1.54, 1.807) is 0 Å². The molecule has 1 fully saturated rings. The van der Waals surface area contributed by atoms with E-state index in [0.717, 1.165) is 12.8 Å². The van der Waals surface area contributed by atoms with Crippen molar-refractivity contribution in [1.29, 1.82) is 0 Å². The number of nitrogens with zero attached hydrogens (tertiary/aromatic N) is 2. The number of hydrogen-bond donors (Lipinski definition) is 1. The Kier molecular flexibility index (Phi) is 1.95. The minimum atomic E-state index is -0.518. The first-order chi connectivity index (χ1) is 6.68. The van der Waals surface area contributed by atoms with Gasteiger partial charge in [0.25, 0.3) is 0 Å². The van der Waals surface area contributed by atoms with Gasteiger partial charge in [-0.2, -0.15) is 0 Å². The van der Waals surface area contributed by atoms with Crippen LogP contribution in [0.3, 0.4) is 0 Å². The Hall–Kier alpha value is -1.85. The zero-order valence-corrected chi connectivity index (χ0v) is 7.34. The monoisotopic (exact) mass is 195 g/mol. The van der Waals surface area contributed by atoms with Gasteiger partial charge in [-0.05, 0) is 12.8 Å². The van der Waals surface area contributed by atoms with Gasteiger partial charge in [0.2, 0.25) is 5.75 Å². The first-order valence-corrected chi connectivity index (χ1v) is 4.24. The number of ether oxygens (including phenoxy) is 1. The minimum Gasteiger partial charge on any atom is -0.481 e. The van der Waals surface area contributed by atoms with Gasteiger partial charge in [-0.15, -0.1) is 0 Å². The average Bonchev–Trinajstić information content (AvgIpc) is 2.91. The Morgan fingerprint density at radius 2 is 2.36 bits per heavy atom. The van der Waals surface area contributed by atoms with Gasteiger partial charge >= 0.3 is 5.69 Å². The smallest absolute Gasteiger partial charge is 0.316 e. The molecule has 14 heavy (non-hydrogen) atoms. The van der Waals surface area contributed by atoms with Crippen LogP contribution in [0.4, 0.5) is 11.5 Å². The second-order valence-electron chi connectivity index (χ2n) is 3.12. The summed E-state index contributed by atoms with van der Waals surface area (Å²) in [5, 5.41) is 10.6. The minimum absolute atomic E-state index is 0.0696. The predicted molar refractivity (Wildman–Crippen MR) is 49.0 cm³/mol. The summed E-state index contributed by atoms with van der Waals surface area (Å²) in [6, 6.07) is 1.29. The molecule has 2 N–H and O–H groups in total. The first-order valence-electron chi connectivity index (χ1n) is 4.24. The molecule has 1 aromatic heterocycles. The SMILES string of the molecule is Nc1nccc([N+](=O)[O-])c1OC1CC1. The molecule has 1 aliphatic carbocycles. The highest BCUT2D eigenvalue weighted by atomic mass is 16.6. The number of pyridine rings is 1. The van der Waals surface area contributed by atoms with Crippen LogP contribution in [0.1, 0.15) is 12.8 Å². The van der Waals surface area contributed by atoms with Crippen molar-refractivity contribution in [3.8, 4) is 5.75 Å². The van der Waals surface area contributed by atoms with E-state index in [4.69, 9.17) is 10.5 Å². The fourth-order valence-electron chi connectivity index (χ4n) is 1.07. The highest BCUT2D eigenvalue weighted by Crippen LogP contribution is 2.36. The van der Waals surface area contributed by atoms with E-state index in [9.17, 15) is 10.1 Å². The van der Waals surface area contributed by atoms with Crippen molar-refractivity contribution in [3.05, 3.63) is 22.4 Å². The molecule has 0 atom stereocenters. The van der Waals surface area contributed by atoms with E-state index >= 15 is 0 Å². The van der Waals surface area contributed by atoms with Gasteiger partial charge in [0.1, 0.15) is 0 Å². The lowest BCUT2D eigenvalue weighted by molar-refractivity contribution is -0.385. The van der Waals surface area contributed by atoms with Gasteiger partial charge < -0.3 is 10.5 Å². The van der Waals surface area contributed by atoms with Crippen LogP contribution in [0, 0.1) is 10.1 Å². The van der Waals surface area contributed by atoms with E-state index < -0.39 is 4.92 Å². The van der Waals surface area contributed by atoms with Gasteiger partial charge in [-0.1, -0.05) is 0 Å². The number of anilines is 1. The van der Waals surface area contributed by atoms with Gasteiger partial charge in [0.15, 0.2) is 5.82 Å². The van der Waals surface area contributed by atoms with Gasteiger partial charge in [-0.25, -0.2) is 4.98 Å². The summed E-state index contributed by atoms with van der Waals surface area (Å²) in [5.41, 5.74) is 5.37. The van der Waals surface area contributed by atoms with Crippen LogP contribution in [-0.4, -0.2) is 16.0 Å². The molecule has 0 amide bonds. The lowest BCUT2D eigenvalue weighted by Gasteiger charge is -2.06. The van der Waals surface area contributed by atoms with Crippen molar-refractivity contribution in [2.75, 3.05) is 5.73 Å². The Balaban J connectivity index is 2.36. The van der Waals surface area contributed by atoms with Crippen molar-refractivity contribution in [3.63, 3.8) is 0 Å². The maximum Gasteiger partial charge on any atom is 0.316 e. The summed E-state index contributed by atoms with van der Waals surface area (Å²) in [7, 11) is 0. The van der Waals surface area contributed by atoms with Gasteiger partial charge in [-0.3, -0.25) is 10.1 Å². The number of hydrogen-bond acceptors (Lipinski definition) is 5. The Labute approximate surface area is 79.8 Å². The Bertz CT molecular complexity index is 376. The average molecular weight is 195 g/mol. The Morgan fingerprint density at radius 3 is 2.93 bits per heavy atom. The maximum absolute atomic E-state index is 10.6. The van der Waals surface area contributed by atoms with Crippen LogP contribution < -0.4 is 10.5 Å². The molecule has 2 rings (SSSR count). The molecule has 0 spiro atoms. The fourth-order valence-corrected chi connectivity index (χ4v) is 1.07. The standard InChI is InChI=1S/C8H9N3O3/c9-8-7(14-5-1-2-5)6(11(12)13)3-4-10-8/h3-5H,1-2H2,(H2,9,10). The van der Waals surface area contributed by atoms with Crippen LogP contribution in [0.5, 0.6) is 5.75 Å². The quantitative estimate of drug-likeness (QED) is 0.576. The summed E-state index contributed by atoms with van der Waals surface area (Å²) in [6.07, 6.45) is 3.21. The van der Waals surface area contributed by atoms with Crippen molar-refractivity contribution < 1.29 is 9.66 Å². The highest BCUT2D eigenvalue weighted by molar-refractivity contribution is 5.59. The van der Waals surface area contributed by atoms with E-state index in [2.05, 4.69) is 4.98 Å². The molecule has 74 valence electrons. The molecular formula is C8H9N3O3. The summed E-state index contributed by atoms with van der Waals surface area (Å²) >= 11 is 0. The number of nitro groups is 1. The second kappa shape index (κ2) is 3.13. The largest absolute Gasteiger partial charge is 0.481 e. The topological polar surface area (TPSA) is 91.3 Å². The normalized spacial score (nSPS) is 15.1. The van der Waals surface area contributed by atoms with Gasteiger partial charge in [0.05, 0.1) is 11.0 Å². The molecule has 1 heterocycles. The number of aromatic nitrogens is 1. The van der Waals surface area contributed by atoms with E-state index in [1.165, 1.54) is 12.3 Å². The maximum atomic E-state index is 10.6. The summed E-state index contributed by atoms with van der Waals surface area (Å²) < 4.78 is 5.32. The molecule has 6 heteroatoms. The fraction of sp³-hybridized carbons (Fsp3) is 0.375. The molecular weight excluding hydrogens is 186 g/mol. The molecule has 1 aromatic rings. The molecule has 1 aliphatic rings. The zero-order chi connectivity index (χ0) is 10.1. The van der Waals surface area contributed by atoms with Crippen molar-refractivity contribution in [2.24, 2.45) is 0 Å². The summed E-state index contributed by atoms with van der Waals surface area (Å²) in [5.74, 6) is 0.172. The van der Waals surface area contributed by atoms with Gasteiger partial charge in [0, 0.05) is 12.3 Å². The van der Waals surface area contributed by atoms with E-state index in [1.807, 2.05) is 0 Å². The predicted octanol–water partition coefficient (Wildman–Crippen LogP) is 1.11. The third kappa shape index (κ3) is 1.59. The van der Waals surface area contributed by atoms with E-state index in [0.29, 0.717) is 0 Å².